The fourth-order valence-corrected chi connectivity index (χ4v) is 2.67. The van der Waals surface area contributed by atoms with Crippen LogP contribution in [0.4, 0.5) is 0 Å². The lowest BCUT2D eigenvalue weighted by Gasteiger charge is -2.23. The predicted molar refractivity (Wildman–Crippen MR) is 48.8 cm³/mol. The molecule has 70 valence electrons. The van der Waals surface area contributed by atoms with E-state index in [-0.39, 0.29) is 0 Å². The largest absolute Gasteiger partial charge is 0.381 e. The average molecular weight is 169 g/mol. The molecule has 2 heteroatoms. The van der Waals surface area contributed by atoms with Crippen LogP contribution in [0.2, 0.25) is 0 Å². The molecule has 0 amide bonds. The monoisotopic (exact) mass is 169 g/mol. The summed E-state index contributed by atoms with van der Waals surface area (Å²) >= 11 is 0. The second-order valence-corrected chi connectivity index (χ2v) is 4.85. The summed E-state index contributed by atoms with van der Waals surface area (Å²) in [5, 5.41) is 0. The van der Waals surface area contributed by atoms with Crippen LogP contribution in [0.1, 0.15) is 26.7 Å². The van der Waals surface area contributed by atoms with Gasteiger partial charge in [-0.05, 0) is 30.1 Å². The van der Waals surface area contributed by atoms with Crippen LogP contribution in [-0.2, 0) is 4.74 Å². The second kappa shape index (κ2) is 2.71. The highest BCUT2D eigenvalue weighted by Crippen LogP contribution is 2.55. The number of ether oxygens (including phenoxy) is 1. The van der Waals surface area contributed by atoms with Gasteiger partial charge in [0.15, 0.2) is 0 Å². The Morgan fingerprint density at radius 1 is 1.42 bits per heavy atom. The van der Waals surface area contributed by atoms with E-state index >= 15 is 0 Å². The highest BCUT2D eigenvalue weighted by molar-refractivity contribution is 5.11. The van der Waals surface area contributed by atoms with E-state index in [1.54, 1.807) is 0 Å². The number of hydrogen-bond donors (Lipinski definition) is 1. The lowest BCUT2D eigenvalue weighted by Crippen LogP contribution is -2.22. The molecule has 1 heterocycles. The molecule has 0 spiro atoms. The SMILES string of the molecule is CC1(C)[C@@H](N)[C@@H]1C1CCCOC1. The van der Waals surface area contributed by atoms with Crippen molar-refractivity contribution in [1.29, 1.82) is 0 Å². The Labute approximate surface area is 74.5 Å². The molecule has 1 aliphatic carbocycles. The normalized spacial score (nSPS) is 45.8. The van der Waals surface area contributed by atoms with Crippen molar-refractivity contribution in [1.82, 2.24) is 0 Å². The van der Waals surface area contributed by atoms with E-state index in [0.717, 1.165) is 25.0 Å². The van der Waals surface area contributed by atoms with Gasteiger partial charge in [-0.1, -0.05) is 13.8 Å². The molecule has 0 bridgehead atoms. The average Bonchev–Trinajstić information content (AvgIpc) is 2.53. The Morgan fingerprint density at radius 3 is 2.50 bits per heavy atom. The summed E-state index contributed by atoms with van der Waals surface area (Å²) in [6.45, 7) is 6.45. The summed E-state index contributed by atoms with van der Waals surface area (Å²) in [5.74, 6) is 1.46. The number of nitrogens with two attached hydrogens (primary N) is 1. The zero-order valence-corrected chi connectivity index (χ0v) is 8.05. The topological polar surface area (TPSA) is 35.2 Å². The summed E-state index contributed by atoms with van der Waals surface area (Å²) in [6, 6.07) is 0.421. The van der Waals surface area contributed by atoms with Crippen molar-refractivity contribution in [3.05, 3.63) is 0 Å². The third-order valence-electron chi connectivity index (χ3n) is 3.70. The van der Waals surface area contributed by atoms with E-state index in [2.05, 4.69) is 13.8 Å². The molecule has 12 heavy (non-hydrogen) atoms. The molecule has 1 saturated heterocycles. The van der Waals surface area contributed by atoms with Gasteiger partial charge in [0, 0.05) is 19.3 Å². The Balaban J connectivity index is 1.93. The first-order valence-electron chi connectivity index (χ1n) is 4.97. The molecule has 0 aromatic carbocycles. The van der Waals surface area contributed by atoms with Crippen LogP contribution in [0, 0.1) is 17.3 Å². The van der Waals surface area contributed by atoms with E-state index in [9.17, 15) is 0 Å². The Kier molecular flexibility index (Phi) is 1.92. The Bertz CT molecular complexity index is 173. The molecule has 2 rings (SSSR count). The zero-order valence-electron chi connectivity index (χ0n) is 8.05. The molecule has 1 saturated carbocycles. The minimum absolute atomic E-state index is 0.380. The highest BCUT2D eigenvalue weighted by atomic mass is 16.5. The number of hydrogen-bond acceptors (Lipinski definition) is 2. The minimum atomic E-state index is 0.380. The lowest BCUT2D eigenvalue weighted by molar-refractivity contribution is 0.0414. The summed E-state index contributed by atoms with van der Waals surface area (Å²) in [4.78, 5) is 0. The first kappa shape index (κ1) is 8.52. The molecule has 0 aromatic rings. The molecule has 2 fully saturated rings. The van der Waals surface area contributed by atoms with Crippen LogP contribution < -0.4 is 5.73 Å². The lowest BCUT2D eigenvalue weighted by atomic mass is 9.92. The van der Waals surface area contributed by atoms with E-state index in [0.29, 0.717) is 11.5 Å². The van der Waals surface area contributed by atoms with E-state index in [4.69, 9.17) is 10.5 Å². The van der Waals surface area contributed by atoms with Crippen molar-refractivity contribution in [3.63, 3.8) is 0 Å². The van der Waals surface area contributed by atoms with Gasteiger partial charge in [-0.2, -0.15) is 0 Å². The van der Waals surface area contributed by atoms with E-state index < -0.39 is 0 Å². The van der Waals surface area contributed by atoms with Gasteiger partial charge in [0.25, 0.3) is 0 Å². The molecule has 2 nitrogen and oxygen atoms in total. The zero-order chi connectivity index (χ0) is 8.77. The molecule has 0 aromatic heterocycles. The second-order valence-electron chi connectivity index (χ2n) is 4.85. The standard InChI is InChI=1S/C10H19NO/c1-10(2)8(9(10)11)7-4-3-5-12-6-7/h7-9H,3-6,11H2,1-2H3/t7?,8-,9-/m0/s1. The van der Waals surface area contributed by atoms with Gasteiger partial charge < -0.3 is 10.5 Å². The molecule has 2 N–H and O–H groups in total. The fourth-order valence-electron chi connectivity index (χ4n) is 2.67. The van der Waals surface area contributed by atoms with Crippen molar-refractivity contribution in [2.75, 3.05) is 13.2 Å². The van der Waals surface area contributed by atoms with Gasteiger partial charge in [-0.3, -0.25) is 0 Å². The first-order valence-corrected chi connectivity index (χ1v) is 4.97. The van der Waals surface area contributed by atoms with Gasteiger partial charge in [0.05, 0.1) is 0 Å². The molecule has 2 aliphatic rings. The minimum Gasteiger partial charge on any atom is -0.381 e. The smallest absolute Gasteiger partial charge is 0.0497 e. The van der Waals surface area contributed by atoms with Gasteiger partial charge in [-0.25, -0.2) is 0 Å². The van der Waals surface area contributed by atoms with Crippen LogP contribution >= 0.6 is 0 Å². The maximum Gasteiger partial charge on any atom is 0.0497 e. The third kappa shape index (κ3) is 1.17. The van der Waals surface area contributed by atoms with Crippen molar-refractivity contribution < 1.29 is 4.74 Å². The van der Waals surface area contributed by atoms with Crippen molar-refractivity contribution in [2.45, 2.75) is 32.7 Å². The maximum atomic E-state index is 6.02. The van der Waals surface area contributed by atoms with Crippen molar-refractivity contribution in [2.24, 2.45) is 23.0 Å². The van der Waals surface area contributed by atoms with Crippen LogP contribution in [0.5, 0.6) is 0 Å². The molecule has 0 radical (unpaired) electrons. The van der Waals surface area contributed by atoms with Gasteiger partial charge in [-0.15, -0.1) is 0 Å². The third-order valence-corrected chi connectivity index (χ3v) is 3.70. The first-order chi connectivity index (χ1) is 5.64. The van der Waals surface area contributed by atoms with Gasteiger partial charge in [0.1, 0.15) is 0 Å². The van der Waals surface area contributed by atoms with Gasteiger partial charge >= 0.3 is 0 Å². The Hall–Kier alpha value is -0.0800. The molecule has 3 atom stereocenters. The van der Waals surface area contributed by atoms with Crippen LogP contribution in [0.25, 0.3) is 0 Å². The van der Waals surface area contributed by atoms with Crippen LogP contribution in [-0.4, -0.2) is 19.3 Å². The van der Waals surface area contributed by atoms with E-state index in [1.807, 2.05) is 0 Å². The predicted octanol–water partition coefficient (Wildman–Crippen LogP) is 1.40. The molecular weight excluding hydrogens is 150 g/mol. The van der Waals surface area contributed by atoms with Crippen LogP contribution in [0.15, 0.2) is 0 Å². The van der Waals surface area contributed by atoms with Crippen LogP contribution in [0.3, 0.4) is 0 Å². The Morgan fingerprint density at radius 2 is 2.08 bits per heavy atom. The highest BCUT2D eigenvalue weighted by Gasteiger charge is 2.58. The van der Waals surface area contributed by atoms with Crippen molar-refractivity contribution in [3.8, 4) is 0 Å². The molecule has 1 aliphatic heterocycles. The molecule has 1 unspecified atom stereocenters. The summed E-state index contributed by atoms with van der Waals surface area (Å²) in [7, 11) is 0. The summed E-state index contributed by atoms with van der Waals surface area (Å²) < 4.78 is 5.47. The number of rotatable bonds is 1. The maximum absolute atomic E-state index is 6.02. The molecular formula is C10H19NO. The summed E-state index contributed by atoms with van der Waals surface area (Å²) in [5.41, 5.74) is 6.40. The summed E-state index contributed by atoms with van der Waals surface area (Å²) in [6.07, 6.45) is 2.55. The van der Waals surface area contributed by atoms with Crippen molar-refractivity contribution >= 4 is 0 Å². The van der Waals surface area contributed by atoms with E-state index in [1.165, 1.54) is 12.8 Å². The fraction of sp³-hybridized carbons (Fsp3) is 1.00. The van der Waals surface area contributed by atoms with Gasteiger partial charge in [0.2, 0.25) is 0 Å². The quantitative estimate of drug-likeness (QED) is 0.644.